The molecule has 0 heterocycles. The van der Waals surface area contributed by atoms with Crippen LogP contribution in [0, 0.1) is 11.2 Å². The Morgan fingerprint density at radius 2 is 2.11 bits per heavy atom. The number of rotatable bonds is 4. The van der Waals surface area contributed by atoms with Crippen LogP contribution in [0.15, 0.2) is 18.2 Å². The summed E-state index contributed by atoms with van der Waals surface area (Å²) >= 11 is 5.64. The maximum absolute atomic E-state index is 13.6. The maximum Gasteiger partial charge on any atom is 0.226 e. The quantitative estimate of drug-likeness (QED) is 0.889. The van der Waals surface area contributed by atoms with Gasteiger partial charge in [-0.15, -0.1) is 0 Å². The van der Waals surface area contributed by atoms with E-state index in [0.717, 1.165) is 6.42 Å². The summed E-state index contributed by atoms with van der Waals surface area (Å²) in [6.45, 7) is 6.17. The van der Waals surface area contributed by atoms with E-state index in [2.05, 4.69) is 26.1 Å². The molecule has 3 N–H and O–H groups in total. The van der Waals surface area contributed by atoms with Crippen LogP contribution in [0.25, 0.3) is 0 Å². The van der Waals surface area contributed by atoms with Crippen molar-refractivity contribution in [1.29, 1.82) is 0 Å². The van der Waals surface area contributed by atoms with E-state index in [1.165, 1.54) is 12.1 Å². The molecule has 3 nitrogen and oxygen atoms in total. The predicted octanol–water partition coefficient (Wildman–Crippen LogP) is 3.57. The molecule has 0 saturated carbocycles. The van der Waals surface area contributed by atoms with Crippen molar-refractivity contribution in [2.45, 2.75) is 39.7 Å². The Bertz CT molecular complexity index is 457. The minimum Gasteiger partial charge on any atom is -0.327 e. The molecule has 0 bridgehead atoms. The molecule has 0 aliphatic heterocycles. The summed E-state index contributed by atoms with van der Waals surface area (Å²) in [7, 11) is 0. The van der Waals surface area contributed by atoms with Crippen LogP contribution in [0.4, 0.5) is 10.1 Å². The van der Waals surface area contributed by atoms with Crippen molar-refractivity contribution >= 4 is 23.2 Å². The van der Waals surface area contributed by atoms with E-state index < -0.39 is 5.82 Å². The van der Waals surface area contributed by atoms with E-state index >= 15 is 0 Å². The standard InChI is InChI=1S/C14H20ClFN2O/c1-14(2,3)8-9(17)7-12(19)18-11-6-4-5-10(15)13(11)16/h4-6,9H,7-8,17H2,1-3H3,(H,18,19). The van der Waals surface area contributed by atoms with Crippen molar-refractivity contribution < 1.29 is 9.18 Å². The van der Waals surface area contributed by atoms with E-state index in [1.807, 2.05) is 0 Å². The number of halogens is 2. The zero-order valence-electron chi connectivity index (χ0n) is 11.5. The van der Waals surface area contributed by atoms with Gasteiger partial charge in [0.05, 0.1) is 10.7 Å². The van der Waals surface area contributed by atoms with E-state index in [9.17, 15) is 9.18 Å². The second-order valence-corrected chi connectivity index (χ2v) is 6.29. The molecule has 106 valence electrons. The van der Waals surface area contributed by atoms with E-state index in [-0.39, 0.29) is 34.5 Å². The van der Waals surface area contributed by atoms with Gasteiger partial charge < -0.3 is 11.1 Å². The van der Waals surface area contributed by atoms with E-state index in [1.54, 1.807) is 6.07 Å². The summed E-state index contributed by atoms with van der Waals surface area (Å²) in [5.41, 5.74) is 6.04. The van der Waals surface area contributed by atoms with Gasteiger partial charge in [0.25, 0.3) is 0 Å². The summed E-state index contributed by atoms with van der Waals surface area (Å²) in [6.07, 6.45) is 0.877. The monoisotopic (exact) mass is 286 g/mol. The van der Waals surface area contributed by atoms with Gasteiger partial charge in [0.15, 0.2) is 5.82 Å². The lowest BCUT2D eigenvalue weighted by Gasteiger charge is -2.22. The molecule has 0 fully saturated rings. The molecule has 1 atom stereocenters. The van der Waals surface area contributed by atoms with Gasteiger partial charge in [-0.3, -0.25) is 4.79 Å². The molecule has 5 heteroatoms. The number of benzene rings is 1. The first-order valence-corrected chi connectivity index (χ1v) is 6.56. The summed E-state index contributed by atoms with van der Waals surface area (Å²) < 4.78 is 13.6. The third-order valence-corrected chi connectivity index (χ3v) is 2.84. The molecular formula is C14H20ClFN2O. The fourth-order valence-electron chi connectivity index (χ4n) is 1.90. The molecule has 0 spiro atoms. The SMILES string of the molecule is CC(C)(C)CC(N)CC(=O)Nc1cccc(Cl)c1F. The molecule has 0 aromatic heterocycles. The Morgan fingerprint density at radius 1 is 1.47 bits per heavy atom. The molecule has 0 aliphatic rings. The van der Waals surface area contributed by atoms with Crippen molar-refractivity contribution in [3.05, 3.63) is 29.0 Å². The molecule has 1 aromatic rings. The second kappa shape index (κ2) is 6.35. The van der Waals surface area contributed by atoms with Gasteiger partial charge in [-0.25, -0.2) is 4.39 Å². The Balaban J connectivity index is 2.58. The summed E-state index contributed by atoms with van der Waals surface area (Å²) in [4.78, 5) is 11.8. The lowest BCUT2D eigenvalue weighted by atomic mass is 9.87. The lowest BCUT2D eigenvalue weighted by Crippen LogP contribution is -2.31. The van der Waals surface area contributed by atoms with Crippen LogP contribution in [0.5, 0.6) is 0 Å². The molecule has 1 rings (SSSR count). The Kier molecular flexibility index (Phi) is 5.32. The summed E-state index contributed by atoms with van der Waals surface area (Å²) in [5.74, 6) is -0.931. The summed E-state index contributed by atoms with van der Waals surface area (Å²) in [5, 5.41) is 2.47. The Hall–Kier alpha value is -1.13. The topological polar surface area (TPSA) is 55.1 Å². The highest BCUT2D eigenvalue weighted by atomic mass is 35.5. The van der Waals surface area contributed by atoms with Crippen LogP contribution in [0.3, 0.4) is 0 Å². The van der Waals surface area contributed by atoms with E-state index in [4.69, 9.17) is 17.3 Å². The zero-order valence-corrected chi connectivity index (χ0v) is 12.2. The van der Waals surface area contributed by atoms with Gasteiger partial charge in [-0.1, -0.05) is 38.4 Å². The molecule has 1 unspecified atom stereocenters. The number of hydrogen-bond acceptors (Lipinski definition) is 2. The van der Waals surface area contributed by atoms with Gasteiger partial charge in [0, 0.05) is 12.5 Å². The van der Waals surface area contributed by atoms with Crippen molar-refractivity contribution in [2.24, 2.45) is 11.1 Å². The molecule has 0 saturated heterocycles. The van der Waals surface area contributed by atoms with Crippen LogP contribution in [0.1, 0.15) is 33.6 Å². The average molecular weight is 287 g/mol. The lowest BCUT2D eigenvalue weighted by molar-refractivity contribution is -0.116. The highest BCUT2D eigenvalue weighted by Gasteiger charge is 2.19. The Morgan fingerprint density at radius 3 is 2.68 bits per heavy atom. The van der Waals surface area contributed by atoms with Gasteiger partial charge in [0.2, 0.25) is 5.91 Å². The minimum atomic E-state index is -0.623. The second-order valence-electron chi connectivity index (χ2n) is 5.88. The van der Waals surface area contributed by atoms with Crippen molar-refractivity contribution in [2.75, 3.05) is 5.32 Å². The fraction of sp³-hybridized carbons (Fsp3) is 0.500. The predicted molar refractivity (Wildman–Crippen MR) is 76.7 cm³/mol. The van der Waals surface area contributed by atoms with E-state index in [0.29, 0.717) is 0 Å². The van der Waals surface area contributed by atoms with Gasteiger partial charge >= 0.3 is 0 Å². The van der Waals surface area contributed by atoms with Gasteiger partial charge in [0.1, 0.15) is 0 Å². The average Bonchev–Trinajstić information content (AvgIpc) is 2.21. The van der Waals surface area contributed by atoms with Crippen LogP contribution >= 0.6 is 11.6 Å². The molecule has 0 aliphatic carbocycles. The highest BCUT2D eigenvalue weighted by molar-refractivity contribution is 6.31. The largest absolute Gasteiger partial charge is 0.327 e. The van der Waals surface area contributed by atoms with Crippen molar-refractivity contribution in [3.63, 3.8) is 0 Å². The van der Waals surface area contributed by atoms with Gasteiger partial charge in [-0.2, -0.15) is 0 Å². The molecule has 0 radical (unpaired) electrons. The Labute approximate surface area is 118 Å². The van der Waals surface area contributed by atoms with Gasteiger partial charge in [-0.05, 0) is 24.0 Å². The van der Waals surface area contributed by atoms with Crippen LogP contribution in [-0.4, -0.2) is 11.9 Å². The number of carbonyl (C=O) groups is 1. The zero-order chi connectivity index (χ0) is 14.6. The first-order chi connectivity index (χ1) is 8.69. The number of nitrogens with one attached hydrogen (secondary N) is 1. The van der Waals surface area contributed by atoms with Crippen molar-refractivity contribution in [1.82, 2.24) is 0 Å². The normalized spacial score (nSPS) is 13.2. The number of nitrogens with two attached hydrogens (primary N) is 1. The van der Waals surface area contributed by atoms with Crippen molar-refractivity contribution in [3.8, 4) is 0 Å². The first-order valence-electron chi connectivity index (χ1n) is 6.18. The third kappa shape index (κ3) is 5.57. The summed E-state index contributed by atoms with van der Waals surface area (Å²) in [6, 6.07) is 4.23. The smallest absolute Gasteiger partial charge is 0.226 e. The highest BCUT2D eigenvalue weighted by Crippen LogP contribution is 2.23. The number of amides is 1. The maximum atomic E-state index is 13.6. The first kappa shape index (κ1) is 15.9. The molecule has 19 heavy (non-hydrogen) atoms. The van der Waals surface area contributed by atoms with Crippen LogP contribution < -0.4 is 11.1 Å². The van der Waals surface area contributed by atoms with Crippen LogP contribution in [-0.2, 0) is 4.79 Å². The minimum absolute atomic E-state index is 0.0169. The molecule has 1 amide bonds. The number of anilines is 1. The fourth-order valence-corrected chi connectivity index (χ4v) is 2.07. The number of carbonyl (C=O) groups excluding carboxylic acids is 1. The van der Waals surface area contributed by atoms with Crippen LogP contribution in [0.2, 0.25) is 5.02 Å². The third-order valence-electron chi connectivity index (χ3n) is 2.55. The molecular weight excluding hydrogens is 267 g/mol. The molecule has 1 aromatic carbocycles. The number of hydrogen-bond donors (Lipinski definition) is 2.